The summed E-state index contributed by atoms with van der Waals surface area (Å²) in [4.78, 5) is 6.93. The van der Waals surface area contributed by atoms with Crippen LogP contribution in [0.1, 0.15) is 47.2 Å². The van der Waals surface area contributed by atoms with E-state index in [0.29, 0.717) is 25.0 Å². The molecule has 6 heteroatoms. The topological polar surface area (TPSA) is 54.8 Å². The van der Waals surface area contributed by atoms with E-state index in [9.17, 15) is 9.50 Å². The zero-order valence-electron chi connectivity index (χ0n) is 20.3. The van der Waals surface area contributed by atoms with Gasteiger partial charge in [-0.05, 0) is 73.2 Å². The first-order valence-electron chi connectivity index (χ1n) is 12.1. The van der Waals surface area contributed by atoms with E-state index in [1.807, 2.05) is 24.3 Å². The monoisotopic (exact) mass is 474 g/mol. The Balaban J connectivity index is 1.31. The van der Waals surface area contributed by atoms with Gasteiger partial charge >= 0.3 is 0 Å². The Morgan fingerprint density at radius 3 is 2.74 bits per heavy atom. The van der Waals surface area contributed by atoms with Gasteiger partial charge in [-0.25, -0.2) is 4.39 Å². The summed E-state index contributed by atoms with van der Waals surface area (Å²) in [5, 5.41) is 11.2. The number of fused-ring (bicyclic) bond motifs is 2. The maximum Gasteiger partial charge on any atom is 0.131 e. The Labute approximate surface area is 205 Å². The Morgan fingerprint density at radius 2 is 1.97 bits per heavy atom. The molecule has 0 atom stereocenters. The van der Waals surface area contributed by atoms with Gasteiger partial charge in [0.05, 0.1) is 18.4 Å². The fourth-order valence-electron chi connectivity index (χ4n) is 5.04. The summed E-state index contributed by atoms with van der Waals surface area (Å²) in [6.07, 6.45) is 6.18. The lowest BCUT2D eigenvalue weighted by molar-refractivity contribution is -0.0255. The normalized spacial score (nSPS) is 18.3. The highest BCUT2D eigenvalue weighted by Gasteiger charge is 2.34. The van der Waals surface area contributed by atoms with Gasteiger partial charge in [-0.3, -0.25) is 4.98 Å². The molecule has 1 fully saturated rings. The van der Waals surface area contributed by atoms with Crippen LogP contribution in [-0.4, -0.2) is 41.7 Å². The standard InChI is InChI=1S/C29H31FN2O3/c1-20-17-21(7-9-26(20)30)29(33)11-15-32(16-12-29)14-4-6-23-24-5-3-13-31-27(24)19-35-28-10-8-22(34-2)18-25(23)28/h3,5-10,13,17-18,33H,4,11-12,14-16,19H2,1-2H3/b23-6+. The summed E-state index contributed by atoms with van der Waals surface area (Å²) in [5.74, 6) is 1.38. The average molecular weight is 475 g/mol. The van der Waals surface area contributed by atoms with E-state index in [0.717, 1.165) is 65.5 Å². The van der Waals surface area contributed by atoms with Gasteiger partial charge in [0.2, 0.25) is 0 Å². The molecule has 0 bridgehead atoms. The molecule has 1 N–H and O–H groups in total. The van der Waals surface area contributed by atoms with Crippen molar-refractivity contribution < 1.29 is 19.0 Å². The number of hydrogen-bond donors (Lipinski definition) is 1. The molecule has 0 saturated carbocycles. The van der Waals surface area contributed by atoms with Gasteiger partial charge in [-0.1, -0.05) is 24.3 Å². The number of pyridine rings is 1. The number of rotatable bonds is 5. The predicted molar refractivity (Wildman–Crippen MR) is 134 cm³/mol. The second-order valence-corrected chi connectivity index (χ2v) is 9.39. The SMILES string of the molecule is COc1ccc2c(c1)/C(=C/CCN1CCC(O)(c3ccc(F)c(C)c3)CC1)c1cccnc1CO2. The minimum Gasteiger partial charge on any atom is -0.497 e. The van der Waals surface area contributed by atoms with E-state index in [-0.39, 0.29) is 5.82 Å². The third-order valence-electron chi connectivity index (χ3n) is 7.19. The second-order valence-electron chi connectivity index (χ2n) is 9.39. The molecule has 3 aromatic rings. The summed E-state index contributed by atoms with van der Waals surface area (Å²) < 4.78 is 25.2. The number of nitrogens with zero attached hydrogens (tertiary/aromatic N) is 2. The number of ether oxygens (including phenoxy) is 2. The first-order chi connectivity index (χ1) is 17.0. The molecule has 0 unspecified atom stereocenters. The molecule has 0 radical (unpaired) electrons. The van der Waals surface area contributed by atoms with E-state index in [1.54, 1.807) is 32.4 Å². The highest BCUT2D eigenvalue weighted by atomic mass is 19.1. The molecule has 0 amide bonds. The molecule has 1 aromatic heterocycles. The quantitative estimate of drug-likeness (QED) is 0.548. The number of methoxy groups -OCH3 is 1. The molecule has 5 nitrogen and oxygen atoms in total. The molecular weight excluding hydrogens is 443 g/mol. The van der Waals surface area contributed by atoms with Crippen LogP contribution >= 0.6 is 0 Å². The maximum absolute atomic E-state index is 13.7. The van der Waals surface area contributed by atoms with Crippen LogP contribution in [-0.2, 0) is 12.2 Å². The van der Waals surface area contributed by atoms with Crippen LogP contribution in [0.15, 0.2) is 60.8 Å². The zero-order valence-corrected chi connectivity index (χ0v) is 20.3. The van der Waals surface area contributed by atoms with E-state index < -0.39 is 5.60 Å². The Morgan fingerprint density at radius 1 is 1.14 bits per heavy atom. The van der Waals surface area contributed by atoms with Gasteiger partial charge in [-0.15, -0.1) is 0 Å². The zero-order chi connectivity index (χ0) is 24.4. The van der Waals surface area contributed by atoms with Crippen molar-refractivity contribution in [2.75, 3.05) is 26.7 Å². The fourth-order valence-corrected chi connectivity index (χ4v) is 5.04. The van der Waals surface area contributed by atoms with Crippen LogP contribution in [0.5, 0.6) is 11.5 Å². The van der Waals surface area contributed by atoms with Crippen LogP contribution in [0.3, 0.4) is 0 Å². The fraction of sp³-hybridized carbons (Fsp3) is 0.345. The van der Waals surface area contributed by atoms with Gasteiger partial charge in [0.25, 0.3) is 0 Å². The first-order valence-corrected chi connectivity index (χ1v) is 12.1. The van der Waals surface area contributed by atoms with Crippen molar-refractivity contribution in [1.82, 2.24) is 9.88 Å². The Hall–Kier alpha value is -3.22. The van der Waals surface area contributed by atoms with Gasteiger partial charge in [0, 0.05) is 37.0 Å². The number of aromatic nitrogens is 1. The first kappa shape index (κ1) is 23.5. The molecule has 2 aromatic carbocycles. The molecular formula is C29H31FN2O3. The average Bonchev–Trinajstić information content (AvgIpc) is 3.03. The summed E-state index contributed by atoms with van der Waals surface area (Å²) in [6.45, 7) is 4.65. The number of aryl methyl sites for hydroxylation is 1. The Bertz CT molecular complexity index is 1250. The molecule has 0 aliphatic carbocycles. The highest BCUT2D eigenvalue weighted by Crippen LogP contribution is 2.39. The lowest BCUT2D eigenvalue weighted by Crippen LogP contribution is -2.42. The third kappa shape index (κ3) is 4.81. The molecule has 2 aliphatic rings. The van der Waals surface area contributed by atoms with Crippen LogP contribution in [0, 0.1) is 12.7 Å². The second kappa shape index (κ2) is 9.80. The molecule has 0 spiro atoms. The summed E-state index contributed by atoms with van der Waals surface area (Å²) in [7, 11) is 1.67. The third-order valence-corrected chi connectivity index (χ3v) is 7.19. The van der Waals surface area contributed by atoms with E-state index in [1.165, 1.54) is 6.07 Å². The molecule has 35 heavy (non-hydrogen) atoms. The molecule has 5 rings (SSSR count). The van der Waals surface area contributed by atoms with Gasteiger partial charge in [0.1, 0.15) is 23.9 Å². The van der Waals surface area contributed by atoms with Crippen molar-refractivity contribution in [3.8, 4) is 11.5 Å². The van der Waals surface area contributed by atoms with Crippen molar-refractivity contribution in [2.24, 2.45) is 0 Å². The van der Waals surface area contributed by atoms with E-state index in [2.05, 4.69) is 22.0 Å². The van der Waals surface area contributed by atoms with Crippen molar-refractivity contribution in [2.45, 2.75) is 38.4 Å². The van der Waals surface area contributed by atoms with Crippen LogP contribution in [0.25, 0.3) is 5.57 Å². The summed E-state index contributed by atoms with van der Waals surface area (Å²) >= 11 is 0. The number of hydrogen-bond acceptors (Lipinski definition) is 5. The number of aliphatic hydroxyl groups is 1. The van der Waals surface area contributed by atoms with Gasteiger partial charge in [-0.2, -0.15) is 0 Å². The molecule has 1 saturated heterocycles. The van der Waals surface area contributed by atoms with Crippen molar-refractivity contribution in [3.05, 3.63) is 94.6 Å². The van der Waals surface area contributed by atoms with Gasteiger partial charge < -0.3 is 19.5 Å². The number of halogens is 1. The van der Waals surface area contributed by atoms with Gasteiger partial charge in [0.15, 0.2) is 0 Å². The van der Waals surface area contributed by atoms with Crippen LogP contribution in [0.4, 0.5) is 4.39 Å². The minimum atomic E-state index is -0.897. The number of benzene rings is 2. The van der Waals surface area contributed by atoms with Crippen molar-refractivity contribution >= 4 is 5.57 Å². The lowest BCUT2D eigenvalue weighted by atomic mass is 9.83. The summed E-state index contributed by atoms with van der Waals surface area (Å²) in [5.41, 5.74) is 4.61. The predicted octanol–water partition coefficient (Wildman–Crippen LogP) is 5.24. The largest absolute Gasteiger partial charge is 0.497 e. The lowest BCUT2D eigenvalue weighted by Gasteiger charge is -2.38. The molecule has 182 valence electrons. The van der Waals surface area contributed by atoms with Crippen molar-refractivity contribution in [3.63, 3.8) is 0 Å². The minimum absolute atomic E-state index is 0.234. The molecule has 3 heterocycles. The Kier molecular flexibility index (Phi) is 6.58. The van der Waals surface area contributed by atoms with E-state index >= 15 is 0 Å². The van der Waals surface area contributed by atoms with Crippen molar-refractivity contribution in [1.29, 1.82) is 0 Å². The maximum atomic E-state index is 13.7. The van der Waals surface area contributed by atoms with E-state index in [4.69, 9.17) is 9.47 Å². The highest BCUT2D eigenvalue weighted by molar-refractivity contribution is 5.85. The van der Waals surface area contributed by atoms with Crippen LogP contribution < -0.4 is 9.47 Å². The summed E-state index contributed by atoms with van der Waals surface area (Å²) in [6, 6.07) is 14.9. The van der Waals surface area contributed by atoms with Crippen LogP contribution in [0.2, 0.25) is 0 Å². The smallest absolute Gasteiger partial charge is 0.131 e. The number of piperidine rings is 1. The number of likely N-dealkylation sites (tertiary alicyclic amines) is 1. The molecule has 2 aliphatic heterocycles.